The van der Waals surface area contributed by atoms with Crippen LogP contribution in [0.1, 0.15) is 105 Å². The van der Waals surface area contributed by atoms with Crippen molar-refractivity contribution < 1.29 is 32.4 Å². The van der Waals surface area contributed by atoms with E-state index in [1.165, 1.54) is 0 Å². The third-order valence-corrected chi connectivity index (χ3v) is 4.04. The van der Waals surface area contributed by atoms with E-state index >= 15 is 0 Å². The number of unbranched alkanes of at least 4 members (excludes halogenated alkanes) is 4. The van der Waals surface area contributed by atoms with Crippen LogP contribution < -0.4 is 10.2 Å². The number of carbonyl (C=O) groups is 2. The molecule has 0 aliphatic rings. The summed E-state index contributed by atoms with van der Waals surface area (Å²) in [5.41, 5.74) is 0. The SMILES string of the molecule is CCCCC(CCCC)OC(=O)[O-].CCCCC(CCCC)OC(=O)[O-].[O]=[Sn+2]. The van der Waals surface area contributed by atoms with Gasteiger partial charge in [0.2, 0.25) is 0 Å². The quantitative estimate of drug-likeness (QED) is 0.259. The summed E-state index contributed by atoms with van der Waals surface area (Å²) in [6, 6.07) is 0. The zero-order chi connectivity index (χ0) is 22.2. The average Bonchev–Trinajstić information content (AvgIpc) is 2.67. The van der Waals surface area contributed by atoms with E-state index in [0.29, 0.717) is 22.5 Å². The van der Waals surface area contributed by atoms with Crippen molar-refractivity contribution in [2.75, 3.05) is 0 Å². The summed E-state index contributed by atoms with van der Waals surface area (Å²) in [5.74, 6) is 0. The summed E-state index contributed by atoms with van der Waals surface area (Å²) < 4.78 is 17.7. The van der Waals surface area contributed by atoms with Crippen molar-refractivity contribution in [3.63, 3.8) is 0 Å². The molecule has 0 aliphatic carbocycles. The van der Waals surface area contributed by atoms with Crippen LogP contribution in [0.5, 0.6) is 0 Å². The Morgan fingerprint density at radius 1 is 0.643 bits per heavy atom. The van der Waals surface area contributed by atoms with Crippen molar-refractivity contribution in [1.29, 1.82) is 0 Å². The van der Waals surface area contributed by atoms with E-state index in [2.05, 4.69) is 37.2 Å². The van der Waals surface area contributed by atoms with Gasteiger partial charge < -0.3 is 29.3 Å². The van der Waals surface area contributed by atoms with Gasteiger partial charge in [0.05, 0.1) is 0 Å². The summed E-state index contributed by atoms with van der Waals surface area (Å²) in [7, 11) is 0. The molecule has 0 amide bonds. The summed E-state index contributed by atoms with van der Waals surface area (Å²) in [6.45, 7) is 8.32. The molecule has 0 bridgehead atoms. The first-order chi connectivity index (χ1) is 13.4. The molecule has 0 aromatic carbocycles. The molecule has 0 aromatic heterocycles. The van der Waals surface area contributed by atoms with Crippen molar-refractivity contribution in [2.24, 2.45) is 0 Å². The molecular weight excluding hydrogens is 471 g/mol. The van der Waals surface area contributed by atoms with Crippen LogP contribution in [-0.4, -0.2) is 47.0 Å². The standard InChI is InChI=1S/2C10H20O3.O.Sn/c2*1-3-5-7-9(8-6-4-2)13-10(11)12;;/h2*9H,3-8H2,1-2H3,(H,11,12);;/q;;;+2/p-2. The van der Waals surface area contributed by atoms with Crippen LogP contribution in [0, 0.1) is 0 Å². The Hall–Kier alpha value is -0.861. The van der Waals surface area contributed by atoms with Crippen LogP contribution in [0.25, 0.3) is 0 Å². The normalized spacial score (nSPS) is 9.86. The van der Waals surface area contributed by atoms with Crippen molar-refractivity contribution in [2.45, 2.75) is 117 Å². The Bertz CT molecular complexity index is 305. The average molecular weight is 509 g/mol. The van der Waals surface area contributed by atoms with Crippen LogP contribution in [-0.2, 0) is 12.6 Å². The Morgan fingerprint density at radius 2 is 0.857 bits per heavy atom. The first kappa shape index (κ1) is 31.8. The van der Waals surface area contributed by atoms with E-state index in [0.717, 1.165) is 77.0 Å². The monoisotopic (exact) mass is 510 g/mol. The molecule has 0 rings (SSSR count). The third kappa shape index (κ3) is 27.4. The van der Waals surface area contributed by atoms with Crippen molar-refractivity contribution >= 4 is 34.8 Å². The van der Waals surface area contributed by atoms with Crippen molar-refractivity contribution in [3.8, 4) is 0 Å². The molecule has 0 aromatic rings. The zero-order valence-electron chi connectivity index (χ0n) is 18.0. The number of hydrogen-bond acceptors (Lipinski definition) is 7. The molecule has 28 heavy (non-hydrogen) atoms. The number of ether oxygens (including phenoxy) is 2. The first-order valence-corrected chi connectivity index (χ1v) is 11.5. The Balaban J connectivity index is -0.000000410. The topological polar surface area (TPSA) is 116 Å². The maximum atomic E-state index is 10.2. The van der Waals surface area contributed by atoms with Gasteiger partial charge in [0.25, 0.3) is 12.3 Å². The fourth-order valence-corrected chi connectivity index (χ4v) is 2.52. The van der Waals surface area contributed by atoms with Gasteiger partial charge in [-0.1, -0.05) is 79.1 Å². The number of carbonyl (C=O) groups excluding carboxylic acids is 2. The van der Waals surface area contributed by atoms with Gasteiger partial charge in [0, 0.05) is 12.2 Å². The molecule has 0 atom stereocenters. The Kier molecular flexibility index (Phi) is 29.7. The molecule has 0 fully saturated rings. The number of hydrogen-bond donors (Lipinski definition) is 0. The fraction of sp³-hybridized carbons (Fsp3) is 0.900. The molecular formula is C20H38O7Sn. The molecule has 0 aliphatic heterocycles. The van der Waals surface area contributed by atoms with Crippen molar-refractivity contribution in [3.05, 3.63) is 0 Å². The van der Waals surface area contributed by atoms with Gasteiger partial charge in [-0.3, -0.25) is 0 Å². The van der Waals surface area contributed by atoms with Gasteiger partial charge in [-0.2, -0.15) is 0 Å². The summed E-state index contributed by atoms with van der Waals surface area (Å²) in [6.07, 6.45) is 8.55. The van der Waals surface area contributed by atoms with Gasteiger partial charge in [-0.25, -0.2) is 0 Å². The summed E-state index contributed by atoms with van der Waals surface area (Å²) >= 11 is 0.300. The Labute approximate surface area is 184 Å². The minimum absolute atomic E-state index is 0.148. The van der Waals surface area contributed by atoms with E-state index in [1.54, 1.807) is 0 Å². The van der Waals surface area contributed by atoms with E-state index in [-0.39, 0.29) is 12.2 Å². The molecule has 0 heterocycles. The predicted octanol–water partition coefficient (Wildman–Crippen LogP) is 3.69. The van der Waals surface area contributed by atoms with Gasteiger partial charge >= 0.3 is 25.6 Å². The first-order valence-electron chi connectivity index (χ1n) is 10.4. The van der Waals surface area contributed by atoms with E-state index < -0.39 is 12.3 Å². The van der Waals surface area contributed by atoms with Crippen LogP contribution in [0.2, 0.25) is 0 Å². The minimum atomic E-state index is -1.39. The van der Waals surface area contributed by atoms with Crippen LogP contribution in [0.4, 0.5) is 9.59 Å². The van der Waals surface area contributed by atoms with Crippen molar-refractivity contribution in [1.82, 2.24) is 0 Å². The summed E-state index contributed by atoms with van der Waals surface area (Å²) in [4.78, 5) is 20.4. The fourth-order valence-electron chi connectivity index (χ4n) is 2.52. The second kappa shape index (κ2) is 26.1. The van der Waals surface area contributed by atoms with Crippen LogP contribution >= 0.6 is 0 Å². The molecule has 8 heteroatoms. The number of rotatable bonds is 14. The summed E-state index contributed by atoms with van der Waals surface area (Å²) in [5, 5.41) is 20.4. The maximum absolute atomic E-state index is 10.2. The molecule has 0 unspecified atom stereocenters. The molecule has 0 radical (unpaired) electrons. The molecule has 0 saturated carbocycles. The Morgan fingerprint density at radius 3 is 1.00 bits per heavy atom. The van der Waals surface area contributed by atoms with Crippen LogP contribution in [0.3, 0.4) is 0 Å². The van der Waals surface area contributed by atoms with Gasteiger partial charge in [0.15, 0.2) is 0 Å². The second-order valence-corrected chi connectivity index (χ2v) is 6.55. The van der Waals surface area contributed by atoms with E-state index in [9.17, 15) is 19.8 Å². The zero-order valence-corrected chi connectivity index (χ0v) is 20.9. The van der Waals surface area contributed by atoms with Gasteiger partial charge in [-0.05, 0) is 25.7 Å². The third-order valence-electron chi connectivity index (χ3n) is 4.04. The molecule has 0 spiro atoms. The van der Waals surface area contributed by atoms with Gasteiger partial charge in [0.1, 0.15) is 0 Å². The molecule has 0 N–H and O–H groups in total. The predicted molar refractivity (Wildman–Crippen MR) is 105 cm³/mol. The van der Waals surface area contributed by atoms with Gasteiger partial charge in [-0.15, -0.1) is 0 Å². The van der Waals surface area contributed by atoms with E-state index in [1.807, 2.05) is 0 Å². The molecule has 0 saturated heterocycles. The molecule has 164 valence electrons. The van der Waals surface area contributed by atoms with E-state index in [4.69, 9.17) is 3.08 Å². The number of carboxylic acid groups (broad SMARTS) is 2. The molecule has 7 nitrogen and oxygen atoms in total. The van der Waals surface area contributed by atoms with Crippen LogP contribution in [0.15, 0.2) is 0 Å². The second-order valence-electron chi connectivity index (χ2n) is 6.55.